The number of carbonyl (C=O) groups is 2. The van der Waals surface area contributed by atoms with Crippen molar-refractivity contribution in [2.75, 3.05) is 13.6 Å². The van der Waals surface area contributed by atoms with Gasteiger partial charge in [0.05, 0.1) is 4.90 Å². The Balaban J connectivity index is 2.05. The van der Waals surface area contributed by atoms with Gasteiger partial charge in [-0.15, -0.1) is 0 Å². The Morgan fingerprint density at radius 1 is 0.970 bits per heavy atom. The molecule has 0 aliphatic heterocycles. The fourth-order valence-electron chi connectivity index (χ4n) is 3.32. The van der Waals surface area contributed by atoms with Crippen molar-refractivity contribution in [1.82, 2.24) is 14.5 Å². The highest BCUT2D eigenvalue weighted by atomic mass is 32.2. The van der Waals surface area contributed by atoms with Crippen LogP contribution in [-0.4, -0.2) is 55.1 Å². The lowest BCUT2D eigenvalue weighted by Crippen LogP contribution is -2.49. The Morgan fingerprint density at radius 2 is 1.55 bits per heavy atom. The maximum atomic E-state index is 13.1. The molecule has 1 N–H and O–H groups in total. The molecule has 0 aliphatic rings. The van der Waals surface area contributed by atoms with E-state index in [1.807, 2.05) is 44.2 Å². The molecule has 2 aromatic rings. The van der Waals surface area contributed by atoms with E-state index in [1.54, 1.807) is 42.2 Å². The molecule has 0 saturated heterocycles. The molecule has 0 spiro atoms. The lowest BCUT2D eigenvalue weighted by Gasteiger charge is -2.30. The normalized spacial score (nSPS) is 13.4. The number of hydrogen-bond acceptors (Lipinski definition) is 4. The molecular formula is C25H35N3O4S. The summed E-state index contributed by atoms with van der Waals surface area (Å²) in [6, 6.07) is 17.1. The van der Waals surface area contributed by atoms with E-state index >= 15 is 0 Å². The summed E-state index contributed by atoms with van der Waals surface area (Å²) in [6.07, 6.45) is 1.29. The van der Waals surface area contributed by atoms with E-state index in [-0.39, 0.29) is 35.7 Å². The molecule has 33 heavy (non-hydrogen) atoms. The zero-order chi connectivity index (χ0) is 24.4. The highest BCUT2D eigenvalue weighted by Crippen LogP contribution is 2.16. The van der Waals surface area contributed by atoms with Gasteiger partial charge in [-0.05, 0) is 44.4 Å². The van der Waals surface area contributed by atoms with Gasteiger partial charge in [0, 0.05) is 32.6 Å². The van der Waals surface area contributed by atoms with Crippen LogP contribution in [0.25, 0.3) is 0 Å². The average Bonchev–Trinajstić information content (AvgIpc) is 2.82. The van der Waals surface area contributed by atoms with Gasteiger partial charge in [0.15, 0.2) is 0 Å². The van der Waals surface area contributed by atoms with E-state index in [2.05, 4.69) is 5.32 Å². The van der Waals surface area contributed by atoms with Crippen molar-refractivity contribution in [3.8, 4) is 0 Å². The molecule has 8 heteroatoms. The predicted octanol–water partition coefficient (Wildman–Crippen LogP) is 3.42. The third-order valence-electron chi connectivity index (χ3n) is 5.68. The molecule has 0 saturated carbocycles. The third kappa shape index (κ3) is 7.68. The largest absolute Gasteiger partial charge is 0.352 e. The summed E-state index contributed by atoms with van der Waals surface area (Å²) in [4.78, 5) is 27.6. The van der Waals surface area contributed by atoms with Crippen LogP contribution in [0.3, 0.4) is 0 Å². The van der Waals surface area contributed by atoms with Crippen molar-refractivity contribution in [1.29, 1.82) is 0 Å². The highest BCUT2D eigenvalue weighted by molar-refractivity contribution is 7.89. The lowest BCUT2D eigenvalue weighted by atomic mass is 10.1. The quantitative estimate of drug-likeness (QED) is 0.512. The van der Waals surface area contributed by atoms with Crippen molar-refractivity contribution in [2.24, 2.45) is 0 Å². The monoisotopic (exact) mass is 473 g/mol. The number of nitrogens with zero attached hydrogens (tertiary/aromatic N) is 2. The zero-order valence-electron chi connectivity index (χ0n) is 19.9. The van der Waals surface area contributed by atoms with Crippen LogP contribution in [0.5, 0.6) is 0 Å². The SMILES string of the molecule is CC[C@@H](C)NC(=O)[C@H](C)N(Cc1ccccc1)C(=O)CCCN(C)S(=O)(=O)c1ccccc1. The fourth-order valence-corrected chi connectivity index (χ4v) is 4.55. The van der Waals surface area contributed by atoms with E-state index < -0.39 is 16.1 Å². The lowest BCUT2D eigenvalue weighted by molar-refractivity contribution is -0.141. The summed E-state index contributed by atoms with van der Waals surface area (Å²) in [5.74, 6) is -0.381. The second kappa shape index (κ2) is 12.5. The minimum absolute atomic E-state index is 0.0190. The molecule has 0 aliphatic carbocycles. The van der Waals surface area contributed by atoms with Crippen LogP contribution in [0.4, 0.5) is 0 Å². The molecule has 0 unspecified atom stereocenters. The average molecular weight is 474 g/mol. The molecule has 0 aromatic heterocycles. The minimum atomic E-state index is -3.61. The molecule has 2 rings (SSSR count). The summed E-state index contributed by atoms with van der Waals surface area (Å²) in [5, 5.41) is 2.94. The maximum Gasteiger partial charge on any atom is 0.242 e. The number of hydrogen-bond donors (Lipinski definition) is 1. The second-order valence-corrected chi connectivity index (χ2v) is 10.3. The molecule has 2 aromatic carbocycles. The van der Waals surface area contributed by atoms with Crippen molar-refractivity contribution >= 4 is 21.8 Å². The molecule has 7 nitrogen and oxygen atoms in total. The number of amides is 2. The van der Waals surface area contributed by atoms with E-state index in [4.69, 9.17) is 0 Å². The summed E-state index contributed by atoms with van der Waals surface area (Å²) in [5.41, 5.74) is 0.929. The van der Waals surface area contributed by atoms with Crippen molar-refractivity contribution in [3.05, 3.63) is 66.2 Å². The van der Waals surface area contributed by atoms with Crippen LogP contribution in [0, 0.1) is 0 Å². The smallest absolute Gasteiger partial charge is 0.242 e. The summed E-state index contributed by atoms with van der Waals surface area (Å²) in [7, 11) is -2.10. The molecule has 180 valence electrons. The van der Waals surface area contributed by atoms with Crippen LogP contribution < -0.4 is 5.32 Å². The van der Waals surface area contributed by atoms with Gasteiger partial charge in [-0.25, -0.2) is 12.7 Å². The maximum absolute atomic E-state index is 13.1. The first-order valence-electron chi connectivity index (χ1n) is 11.3. The van der Waals surface area contributed by atoms with E-state index in [9.17, 15) is 18.0 Å². The third-order valence-corrected chi connectivity index (χ3v) is 7.55. The number of benzene rings is 2. The Hall–Kier alpha value is -2.71. The first kappa shape index (κ1) is 26.5. The minimum Gasteiger partial charge on any atom is -0.352 e. The van der Waals surface area contributed by atoms with Gasteiger partial charge in [-0.3, -0.25) is 9.59 Å². The van der Waals surface area contributed by atoms with Crippen molar-refractivity contribution < 1.29 is 18.0 Å². The Labute approximate surface area is 197 Å². The second-order valence-electron chi connectivity index (χ2n) is 8.24. The molecule has 0 bridgehead atoms. The molecule has 0 radical (unpaired) electrons. The van der Waals surface area contributed by atoms with Gasteiger partial charge >= 0.3 is 0 Å². The van der Waals surface area contributed by atoms with Gasteiger partial charge in [-0.1, -0.05) is 55.5 Å². The van der Waals surface area contributed by atoms with Crippen LogP contribution in [0.2, 0.25) is 0 Å². The summed E-state index contributed by atoms with van der Waals surface area (Å²) < 4.78 is 26.6. The topological polar surface area (TPSA) is 86.8 Å². The number of carbonyl (C=O) groups excluding carboxylic acids is 2. The zero-order valence-corrected chi connectivity index (χ0v) is 20.7. The van der Waals surface area contributed by atoms with Crippen LogP contribution in [0.1, 0.15) is 45.6 Å². The van der Waals surface area contributed by atoms with Crippen molar-refractivity contribution in [2.45, 2.75) is 63.6 Å². The van der Waals surface area contributed by atoms with Gasteiger partial charge in [-0.2, -0.15) is 0 Å². The first-order valence-corrected chi connectivity index (χ1v) is 12.8. The number of rotatable bonds is 12. The fraction of sp³-hybridized carbons (Fsp3) is 0.440. The van der Waals surface area contributed by atoms with Crippen LogP contribution in [0.15, 0.2) is 65.6 Å². The van der Waals surface area contributed by atoms with Crippen molar-refractivity contribution in [3.63, 3.8) is 0 Å². The summed E-state index contributed by atoms with van der Waals surface area (Å²) >= 11 is 0. The Morgan fingerprint density at radius 3 is 2.12 bits per heavy atom. The highest BCUT2D eigenvalue weighted by Gasteiger charge is 2.27. The van der Waals surface area contributed by atoms with Crippen LogP contribution >= 0.6 is 0 Å². The molecular weight excluding hydrogens is 438 g/mol. The van der Waals surface area contributed by atoms with E-state index in [0.717, 1.165) is 12.0 Å². The molecule has 0 heterocycles. The predicted molar refractivity (Wildman–Crippen MR) is 130 cm³/mol. The standard InChI is InChI=1S/C25H35N3O4S/c1-5-20(2)26-25(30)21(3)28(19-22-13-8-6-9-14-22)24(29)17-12-18-27(4)33(31,32)23-15-10-7-11-16-23/h6-11,13-16,20-21H,5,12,17-19H2,1-4H3,(H,26,30)/t20-,21+/m1/s1. The Kier molecular flexibility index (Phi) is 10.1. The van der Waals surface area contributed by atoms with E-state index in [1.165, 1.54) is 11.4 Å². The summed E-state index contributed by atoms with van der Waals surface area (Å²) in [6.45, 7) is 6.16. The Bertz CT molecular complexity index is 997. The molecule has 0 fully saturated rings. The van der Waals surface area contributed by atoms with Gasteiger partial charge in [0.2, 0.25) is 21.8 Å². The van der Waals surface area contributed by atoms with Crippen LogP contribution in [-0.2, 0) is 26.2 Å². The number of sulfonamides is 1. The van der Waals surface area contributed by atoms with Gasteiger partial charge in [0.25, 0.3) is 0 Å². The van der Waals surface area contributed by atoms with Gasteiger partial charge in [0.1, 0.15) is 6.04 Å². The molecule has 2 atom stereocenters. The van der Waals surface area contributed by atoms with Gasteiger partial charge < -0.3 is 10.2 Å². The molecule has 2 amide bonds. The first-order chi connectivity index (χ1) is 15.7. The van der Waals surface area contributed by atoms with E-state index in [0.29, 0.717) is 13.0 Å². The number of nitrogens with one attached hydrogen (secondary N) is 1.